The molecule has 1 aromatic rings. The fourth-order valence-corrected chi connectivity index (χ4v) is 5.35. The number of likely N-dealkylation sites (tertiary alicyclic amines) is 1. The highest BCUT2D eigenvalue weighted by Gasteiger charge is 2.57. The van der Waals surface area contributed by atoms with E-state index < -0.39 is 24.1 Å². The summed E-state index contributed by atoms with van der Waals surface area (Å²) < 4.78 is 19.0. The summed E-state index contributed by atoms with van der Waals surface area (Å²) in [6.45, 7) is 8.14. The van der Waals surface area contributed by atoms with Gasteiger partial charge in [-0.2, -0.15) is 0 Å². The van der Waals surface area contributed by atoms with Crippen molar-refractivity contribution in [2.24, 2.45) is 23.0 Å². The van der Waals surface area contributed by atoms with Gasteiger partial charge in [-0.15, -0.1) is 0 Å². The lowest BCUT2D eigenvalue weighted by molar-refractivity contribution is -0.158. The van der Waals surface area contributed by atoms with Crippen LogP contribution in [0.5, 0.6) is 0 Å². The molecular formula is C24H35FN2O3. The molecular weight excluding hydrogens is 383 g/mol. The molecule has 6 heteroatoms. The fraction of sp³-hybridized carbons (Fsp3) is 0.667. The van der Waals surface area contributed by atoms with Crippen molar-refractivity contribution in [3.05, 3.63) is 35.6 Å². The van der Waals surface area contributed by atoms with E-state index in [1.807, 2.05) is 20.8 Å². The van der Waals surface area contributed by atoms with Gasteiger partial charge in [-0.25, -0.2) is 9.18 Å². The zero-order valence-electron chi connectivity index (χ0n) is 18.6. The average Bonchev–Trinajstić information content (AvgIpc) is 3.02. The molecule has 0 bridgehead atoms. The van der Waals surface area contributed by atoms with Crippen LogP contribution in [0.2, 0.25) is 0 Å². The maximum absolute atomic E-state index is 13.8. The predicted octanol–water partition coefficient (Wildman–Crippen LogP) is 4.21. The maximum atomic E-state index is 13.8. The van der Waals surface area contributed by atoms with Crippen molar-refractivity contribution >= 4 is 11.9 Å². The third-order valence-electron chi connectivity index (χ3n) is 6.67. The second-order valence-corrected chi connectivity index (χ2v) is 9.74. The standard InChI is InChI=1S/C24H35FN2O3/c1-5-30-23(29)21-18(24(2,3)4)19(26)20(15-11-13-17(25)14-12-15)27(21)22(28)16-9-7-6-8-10-16/h11-14,16,18-21H,5-10,26H2,1-4H3/t18-,19-,20-,21-/m0/s1. The third-order valence-corrected chi connectivity index (χ3v) is 6.67. The van der Waals surface area contributed by atoms with Gasteiger partial charge in [-0.1, -0.05) is 52.2 Å². The van der Waals surface area contributed by atoms with Crippen LogP contribution in [0.25, 0.3) is 0 Å². The fourth-order valence-electron chi connectivity index (χ4n) is 5.35. The summed E-state index contributed by atoms with van der Waals surface area (Å²) in [7, 11) is 0. The molecule has 5 nitrogen and oxygen atoms in total. The summed E-state index contributed by atoms with van der Waals surface area (Å²) >= 11 is 0. The van der Waals surface area contributed by atoms with Crippen LogP contribution in [0.4, 0.5) is 4.39 Å². The Morgan fingerprint density at radius 2 is 1.73 bits per heavy atom. The van der Waals surface area contributed by atoms with Gasteiger partial charge in [0.2, 0.25) is 5.91 Å². The van der Waals surface area contributed by atoms with Crippen molar-refractivity contribution < 1.29 is 18.7 Å². The first-order valence-corrected chi connectivity index (χ1v) is 11.2. The van der Waals surface area contributed by atoms with E-state index in [-0.39, 0.29) is 35.6 Å². The lowest BCUT2D eigenvalue weighted by Crippen LogP contribution is -2.50. The molecule has 1 aliphatic heterocycles. The molecule has 1 aliphatic carbocycles. The normalized spacial score (nSPS) is 27.9. The van der Waals surface area contributed by atoms with Crippen LogP contribution < -0.4 is 5.73 Å². The number of nitrogens with two attached hydrogens (primary N) is 1. The molecule has 166 valence electrons. The van der Waals surface area contributed by atoms with Gasteiger partial charge in [-0.3, -0.25) is 4.79 Å². The van der Waals surface area contributed by atoms with Crippen molar-refractivity contribution in [1.29, 1.82) is 0 Å². The number of hydrogen-bond donors (Lipinski definition) is 1. The van der Waals surface area contributed by atoms with Crippen LogP contribution in [0.3, 0.4) is 0 Å². The molecule has 2 N–H and O–H groups in total. The molecule has 30 heavy (non-hydrogen) atoms. The van der Waals surface area contributed by atoms with Gasteiger partial charge in [0, 0.05) is 17.9 Å². The lowest BCUT2D eigenvalue weighted by atomic mass is 9.73. The summed E-state index contributed by atoms with van der Waals surface area (Å²) in [5.74, 6) is -1.15. The van der Waals surface area contributed by atoms with Crippen LogP contribution in [-0.4, -0.2) is 35.5 Å². The molecule has 4 atom stereocenters. The Balaban J connectivity index is 2.10. The number of amides is 1. The van der Waals surface area contributed by atoms with E-state index in [1.165, 1.54) is 12.1 Å². The molecule has 1 heterocycles. The van der Waals surface area contributed by atoms with Gasteiger partial charge < -0.3 is 15.4 Å². The van der Waals surface area contributed by atoms with E-state index in [2.05, 4.69) is 0 Å². The number of esters is 1. The monoisotopic (exact) mass is 418 g/mol. The highest BCUT2D eigenvalue weighted by Crippen LogP contribution is 2.48. The van der Waals surface area contributed by atoms with E-state index in [4.69, 9.17) is 10.5 Å². The Bertz CT molecular complexity index is 753. The first-order chi connectivity index (χ1) is 14.2. The number of hydrogen-bond acceptors (Lipinski definition) is 4. The van der Waals surface area contributed by atoms with Crippen LogP contribution in [0, 0.1) is 23.1 Å². The first kappa shape index (κ1) is 22.7. The number of carbonyl (C=O) groups excluding carboxylic acids is 2. The Hall–Kier alpha value is -1.95. The van der Waals surface area contributed by atoms with E-state index in [0.29, 0.717) is 0 Å². The molecule has 3 rings (SSSR count). The molecule has 2 aliphatic rings. The molecule has 0 unspecified atom stereocenters. The summed E-state index contributed by atoms with van der Waals surface area (Å²) in [4.78, 5) is 28.6. The zero-order valence-corrected chi connectivity index (χ0v) is 18.6. The summed E-state index contributed by atoms with van der Waals surface area (Å²) in [5, 5.41) is 0. The first-order valence-electron chi connectivity index (χ1n) is 11.2. The number of ether oxygens (including phenoxy) is 1. The van der Waals surface area contributed by atoms with E-state index in [9.17, 15) is 14.0 Å². The highest BCUT2D eigenvalue weighted by atomic mass is 19.1. The molecule has 1 saturated carbocycles. The minimum atomic E-state index is -0.746. The van der Waals surface area contributed by atoms with E-state index in [1.54, 1.807) is 24.0 Å². The van der Waals surface area contributed by atoms with Gasteiger partial charge in [0.15, 0.2) is 0 Å². The number of benzene rings is 1. The van der Waals surface area contributed by atoms with Crippen molar-refractivity contribution in [3.8, 4) is 0 Å². The molecule has 0 spiro atoms. The zero-order chi connectivity index (χ0) is 22.1. The number of carbonyl (C=O) groups is 2. The van der Waals surface area contributed by atoms with Crippen molar-refractivity contribution in [1.82, 2.24) is 4.90 Å². The van der Waals surface area contributed by atoms with Gasteiger partial charge in [-0.05, 0) is 42.9 Å². The maximum Gasteiger partial charge on any atom is 0.329 e. The molecule has 1 amide bonds. The smallest absolute Gasteiger partial charge is 0.329 e. The number of halogens is 1. The second kappa shape index (κ2) is 9.04. The van der Waals surface area contributed by atoms with Crippen LogP contribution in [0.1, 0.15) is 71.4 Å². The Labute approximate surface area is 179 Å². The van der Waals surface area contributed by atoms with Crippen LogP contribution in [-0.2, 0) is 14.3 Å². The Morgan fingerprint density at radius 3 is 2.27 bits per heavy atom. The van der Waals surface area contributed by atoms with Crippen molar-refractivity contribution in [3.63, 3.8) is 0 Å². The van der Waals surface area contributed by atoms with Gasteiger partial charge in [0.25, 0.3) is 0 Å². The topological polar surface area (TPSA) is 72.6 Å². The van der Waals surface area contributed by atoms with E-state index >= 15 is 0 Å². The number of nitrogens with zero attached hydrogens (tertiary/aromatic N) is 1. The second-order valence-electron chi connectivity index (χ2n) is 9.74. The van der Waals surface area contributed by atoms with Crippen molar-refractivity contribution in [2.45, 2.75) is 77.9 Å². The minimum Gasteiger partial charge on any atom is -0.464 e. The molecule has 0 aromatic heterocycles. The Kier molecular flexibility index (Phi) is 6.85. The minimum absolute atomic E-state index is 0.0238. The summed E-state index contributed by atoms with van der Waals surface area (Å²) in [6.07, 6.45) is 4.83. The predicted molar refractivity (Wildman–Crippen MR) is 114 cm³/mol. The average molecular weight is 419 g/mol. The van der Waals surface area contributed by atoms with Gasteiger partial charge >= 0.3 is 5.97 Å². The number of rotatable bonds is 4. The van der Waals surface area contributed by atoms with Crippen LogP contribution in [0.15, 0.2) is 24.3 Å². The van der Waals surface area contributed by atoms with Crippen LogP contribution >= 0.6 is 0 Å². The van der Waals surface area contributed by atoms with E-state index in [0.717, 1.165) is 37.7 Å². The summed E-state index contributed by atoms with van der Waals surface area (Å²) in [6, 6.07) is 4.42. The quantitative estimate of drug-likeness (QED) is 0.744. The molecule has 1 saturated heterocycles. The highest BCUT2D eigenvalue weighted by molar-refractivity contribution is 5.88. The van der Waals surface area contributed by atoms with Gasteiger partial charge in [0.05, 0.1) is 12.6 Å². The molecule has 2 fully saturated rings. The largest absolute Gasteiger partial charge is 0.464 e. The lowest BCUT2D eigenvalue weighted by Gasteiger charge is -2.36. The van der Waals surface area contributed by atoms with Gasteiger partial charge in [0.1, 0.15) is 11.9 Å². The molecule has 1 aromatic carbocycles. The Morgan fingerprint density at radius 1 is 1.13 bits per heavy atom. The third kappa shape index (κ3) is 4.39. The SMILES string of the molecule is CCOC(=O)[C@@H]1[C@@H](C(C)(C)C)[C@H](N)[C@H](c2ccc(F)cc2)N1C(=O)C1CCCCC1. The van der Waals surface area contributed by atoms with Crippen molar-refractivity contribution in [2.75, 3.05) is 6.61 Å². The molecule has 0 radical (unpaired) electrons. The summed E-state index contributed by atoms with van der Waals surface area (Å²) in [5.41, 5.74) is 7.20.